The Bertz CT molecular complexity index is 978. The number of carbonyl (C=O) groups is 2. The predicted molar refractivity (Wildman–Crippen MR) is 80.8 cm³/mol. The number of hydrogen-bond donors (Lipinski definition) is 3. The van der Waals surface area contributed by atoms with Crippen LogP contribution < -0.4 is 16.6 Å². The minimum absolute atomic E-state index is 0.0719. The number of carbonyl (C=O) groups excluding carboxylic acids is 2. The summed E-state index contributed by atoms with van der Waals surface area (Å²) < 4.78 is 0.751. The second-order valence-corrected chi connectivity index (χ2v) is 4.98. The summed E-state index contributed by atoms with van der Waals surface area (Å²) in [6.07, 6.45) is 0. The zero-order valence-electron chi connectivity index (χ0n) is 12.0. The lowest BCUT2D eigenvalue weighted by Gasteiger charge is -2.14. The molecule has 1 aromatic heterocycles. The first kappa shape index (κ1) is 15.4. The number of nitrogens with two attached hydrogens (primary N) is 1. The zero-order valence-corrected chi connectivity index (χ0v) is 12.0. The SMILES string of the molecule is Nc1c2c(cc(=O)n1-c1c(CO)cccc1[N+](=O)[O-])C(=O)NC2=O. The van der Waals surface area contributed by atoms with Gasteiger partial charge in [-0.15, -0.1) is 0 Å². The van der Waals surface area contributed by atoms with E-state index in [1.165, 1.54) is 12.1 Å². The molecule has 10 nitrogen and oxygen atoms in total. The molecular weight excluding hydrogens is 320 g/mol. The van der Waals surface area contributed by atoms with Crippen molar-refractivity contribution in [3.05, 3.63) is 61.4 Å². The van der Waals surface area contributed by atoms with Gasteiger partial charge in [-0.2, -0.15) is 0 Å². The molecule has 0 fully saturated rings. The van der Waals surface area contributed by atoms with E-state index in [1.54, 1.807) is 0 Å². The fraction of sp³-hybridized carbons (Fsp3) is 0.0714. The van der Waals surface area contributed by atoms with Crippen LogP contribution in [0.2, 0.25) is 0 Å². The van der Waals surface area contributed by atoms with E-state index in [0.29, 0.717) is 0 Å². The van der Waals surface area contributed by atoms with E-state index >= 15 is 0 Å². The zero-order chi connectivity index (χ0) is 17.6. The molecule has 0 atom stereocenters. The molecule has 3 rings (SSSR count). The first-order chi connectivity index (χ1) is 11.4. The van der Waals surface area contributed by atoms with E-state index in [1.807, 2.05) is 5.32 Å². The number of nitrogens with one attached hydrogen (secondary N) is 1. The fourth-order valence-corrected chi connectivity index (χ4v) is 2.62. The molecule has 0 spiro atoms. The maximum absolute atomic E-state index is 12.4. The number of amides is 2. The van der Waals surface area contributed by atoms with Gasteiger partial charge in [-0.25, -0.2) is 0 Å². The highest BCUT2D eigenvalue weighted by Crippen LogP contribution is 2.30. The minimum atomic E-state index is -0.833. The van der Waals surface area contributed by atoms with Crippen LogP contribution in [0.5, 0.6) is 0 Å². The van der Waals surface area contributed by atoms with E-state index < -0.39 is 40.4 Å². The van der Waals surface area contributed by atoms with Gasteiger partial charge in [0.15, 0.2) is 0 Å². The Hall–Kier alpha value is -3.53. The molecule has 0 unspecified atom stereocenters. The number of nitrogen functional groups attached to an aromatic ring is 1. The van der Waals surface area contributed by atoms with Crippen LogP contribution in [0.25, 0.3) is 5.69 Å². The van der Waals surface area contributed by atoms with Crippen molar-refractivity contribution in [1.82, 2.24) is 9.88 Å². The number of aromatic nitrogens is 1. The first-order valence-electron chi connectivity index (χ1n) is 6.65. The number of fused-ring (bicyclic) bond motifs is 1. The van der Waals surface area contributed by atoms with E-state index in [9.17, 15) is 29.6 Å². The van der Waals surface area contributed by atoms with Crippen molar-refractivity contribution < 1.29 is 19.6 Å². The van der Waals surface area contributed by atoms with E-state index in [2.05, 4.69) is 0 Å². The van der Waals surface area contributed by atoms with E-state index in [0.717, 1.165) is 16.7 Å². The molecule has 1 aliphatic rings. The van der Waals surface area contributed by atoms with Crippen molar-refractivity contribution in [3.8, 4) is 5.69 Å². The maximum Gasteiger partial charge on any atom is 0.293 e. The smallest absolute Gasteiger partial charge is 0.293 e. The standard InChI is InChI=1S/C14H10N4O6/c15-12-10-7(13(21)16-14(10)22)4-9(20)17(12)11-6(5-19)2-1-3-8(11)18(23)24/h1-4,19H,5,15H2,(H,16,21,22). The highest BCUT2D eigenvalue weighted by atomic mass is 16.6. The number of anilines is 1. The van der Waals surface area contributed by atoms with Gasteiger partial charge >= 0.3 is 0 Å². The maximum atomic E-state index is 12.4. The van der Waals surface area contributed by atoms with Crippen LogP contribution in [-0.2, 0) is 6.61 Å². The van der Waals surface area contributed by atoms with Gasteiger partial charge in [0.1, 0.15) is 11.5 Å². The topological polar surface area (TPSA) is 158 Å². The number of pyridine rings is 1. The lowest BCUT2D eigenvalue weighted by molar-refractivity contribution is -0.384. The number of nitro benzene ring substituents is 1. The van der Waals surface area contributed by atoms with Crippen molar-refractivity contribution in [2.45, 2.75) is 6.61 Å². The number of hydrogen-bond acceptors (Lipinski definition) is 7. The normalized spacial score (nSPS) is 12.9. The average molecular weight is 330 g/mol. The number of benzene rings is 1. The van der Waals surface area contributed by atoms with Gasteiger partial charge in [0.2, 0.25) is 0 Å². The molecule has 0 aliphatic carbocycles. The van der Waals surface area contributed by atoms with Gasteiger partial charge in [0, 0.05) is 17.7 Å². The summed E-state index contributed by atoms with van der Waals surface area (Å²) in [5, 5.41) is 22.7. The van der Waals surface area contributed by atoms with Crippen molar-refractivity contribution in [3.63, 3.8) is 0 Å². The van der Waals surface area contributed by atoms with Crippen molar-refractivity contribution in [2.24, 2.45) is 0 Å². The van der Waals surface area contributed by atoms with E-state index in [4.69, 9.17) is 5.73 Å². The molecule has 2 heterocycles. The number of aliphatic hydroxyl groups excluding tert-OH is 1. The van der Waals surface area contributed by atoms with Gasteiger partial charge in [-0.1, -0.05) is 12.1 Å². The largest absolute Gasteiger partial charge is 0.392 e. The number of nitrogens with zero attached hydrogens (tertiary/aromatic N) is 2. The third-order valence-corrected chi connectivity index (χ3v) is 3.64. The lowest BCUT2D eigenvalue weighted by Crippen LogP contribution is -2.25. The molecule has 2 aromatic rings. The Balaban J connectivity index is 2.44. The van der Waals surface area contributed by atoms with Crippen LogP contribution in [-0.4, -0.2) is 26.4 Å². The van der Waals surface area contributed by atoms with Gasteiger partial charge in [-0.05, 0) is 0 Å². The molecule has 2 amide bonds. The third-order valence-electron chi connectivity index (χ3n) is 3.64. The summed E-state index contributed by atoms with van der Waals surface area (Å²) in [6.45, 7) is -0.592. The van der Waals surface area contributed by atoms with Crippen molar-refractivity contribution >= 4 is 23.3 Å². The monoisotopic (exact) mass is 330 g/mol. The van der Waals surface area contributed by atoms with Crippen molar-refractivity contribution in [1.29, 1.82) is 0 Å². The van der Waals surface area contributed by atoms with Crippen LogP contribution in [0.4, 0.5) is 11.5 Å². The molecule has 0 bridgehead atoms. The van der Waals surface area contributed by atoms with Crippen LogP contribution in [0, 0.1) is 10.1 Å². The fourth-order valence-electron chi connectivity index (χ4n) is 2.62. The highest BCUT2D eigenvalue weighted by Gasteiger charge is 2.33. The molecule has 1 aliphatic heterocycles. The quantitative estimate of drug-likeness (QED) is 0.396. The molecule has 4 N–H and O–H groups in total. The minimum Gasteiger partial charge on any atom is -0.392 e. The predicted octanol–water partition coefficient (Wildman–Crippen LogP) is -0.296. The third kappa shape index (κ3) is 2.05. The molecule has 0 saturated heterocycles. The molecule has 122 valence electrons. The molecule has 0 saturated carbocycles. The highest BCUT2D eigenvalue weighted by molar-refractivity contribution is 6.23. The Kier molecular flexibility index (Phi) is 3.38. The van der Waals surface area contributed by atoms with Crippen LogP contribution in [0.3, 0.4) is 0 Å². The van der Waals surface area contributed by atoms with E-state index in [-0.39, 0.29) is 22.4 Å². The number of nitro groups is 1. The Morgan fingerprint density at radius 1 is 1.25 bits per heavy atom. The average Bonchev–Trinajstić information content (AvgIpc) is 2.81. The van der Waals surface area contributed by atoms with Gasteiger partial charge in [-0.3, -0.25) is 34.4 Å². The van der Waals surface area contributed by atoms with Gasteiger partial charge in [0.25, 0.3) is 23.1 Å². The Morgan fingerprint density at radius 3 is 2.58 bits per heavy atom. The number of rotatable bonds is 3. The number of para-hydroxylation sites is 1. The lowest BCUT2D eigenvalue weighted by atomic mass is 10.1. The summed E-state index contributed by atoms with van der Waals surface area (Å²) in [5.74, 6) is -1.98. The van der Waals surface area contributed by atoms with Gasteiger partial charge in [0.05, 0.1) is 22.7 Å². The Morgan fingerprint density at radius 2 is 1.96 bits per heavy atom. The molecular formula is C14H10N4O6. The van der Waals surface area contributed by atoms with Crippen LogP contribution in [0.15, 0.2) is 29.1 Å². The summed E-state index contributed by atoms with van der Waals surface area (Å²) in [7, 11) is 0. The van der Waals surface area contributed by atoms with Crippen LogP contribution in [0.1, 0.15) is 26.3 Å². The Labute approximate surface area is 133 Å². The summed E-state index contributed by atoms with van der Waals surface area (Å²) in [6, 6.07) is 4.74. The summed E-state index contributed by atoms with van der Waals surface area (Å²) in [4.78, 5) is 46.4. The van der Waals surface area contributed by atoms with Gasteiger partial charge < -0.3 is 10.8 Å². The summed E-state index contributed by atoms with van der Waals surface area (Å²) in [5.41, 5.74) is 3.95. The van der Waals surface area contributed by atoms with Crippen molar-refractivity contribution in [2.75, 3.05) is 5.73 Å². The summed E-state index contributed by atoms with van der Waals surface area (Å²) >= 11 is 0. The second kappa shape index (κ2) is 5.28. The second-order valence-electron chi connectivity index (χ2n) is 4.98. The molecule has 1 aromatic carbocycles. The molecule has 24 heavy (non-hydrogen) atoms. The molecule has 10 heteroatoms. The van der Waals surface area contributed by atoms with Crippen LogP contribution >= 0.6 is 0 Å². The number of imide groups is 1. The first-order valence-corrected chi connectivity index (χ1v) is 6.65. The number of aliphatic hydroxyl groups is 1. The molecule has 0 radical (unpaired) electrons.